The van der Waals surface area contributed by atoms with Gasteiger partial charge in [0.25, 0.3) is 0 Å². The van der Waals surface area contributed by atoms with Crippen LogP contribution in [0.5, 0.6) is 0 Å². The van der Waals surface area contributed by atoms with Gasteiger partial charge in [0.2, 0.25) is 0 Å². The van der Waals surface area contributed by atoms with Crippen LogP contribution in [-0.2, 0) is 4.74 Å². The lowest BCUT2D eigenvalue weighted by molar-refractivity contribution is 0.176. The van der Waals surface area contributed by atoms with Crippen LogP contribution in [0, 0.1) is 12.3 Å². The molecule has 0 aromatic carbocycles. The highest BCUT2D eigenvalue weighted by molar-refractivity contribution is 4.91. The van der Waals surface area contributed by atoms with Crippen LogP contribution in [0.15, 0.2) is 0 Å². The normalized spacial score (nSPS) is 29.1. The Morgan fingerprint density at radius 1 is 1.27 bits per heavy atom. The van der Waals surface area contributed by atoms with Crippen molar-refractivity contribution in [3.05, 3.63) is 0 Å². The zero-order chi connectivity index (χ0) is 10.5. The summed E-state index contributed by atoms with van der Waals surface area (Å²) >= 11 is 0. The SMILES string of the molecule is C#CCN1CCC(NC2CCOC2)CC1. The number of nitrogens with one attached hydrogen (secondary N) is 1. The molecule has 2 heterocycles. The first-order chi connectivity index (χ1) is 7.38. The molecular formula is C12H20N2O. The van der Waals surface area contributed by atoms with Gasteiger partial charge in [-0.2, -0.15) is 0 Å². The lowest BCUT2D eigenvalue weighted by Gasteiger charge is -2.32. The summed E-state index contributed by atoms with van der Waals surface area (Å²) in [6.45, 7) is 4.89. The van der Waals surface area contributed by atoms with Crippen LogP contribution in [-0.4, -0.2) is 49.8 Å². The minimum Gasteiger partial charge on any atom is -0.380 e. The highest BCUT2D eigenvalue weighted by Crippen LogP contribution is 2.13. The Balaban J connectivity index is 1.67. The summed E-state index contributed by atoms with van der Waals surface area (Å²) < 4.78 is 5.36. The molecule has 1 atom stereocenters. The summed E-state index contributed by atoms with van der Waals surface area (Å²) in [6.07, 6.45) is 8.91. The fourth-order valence-electron chi connectivity index (χ4n) is 2.39. The lowest BCUT2D eigenvalue weighted by Crippen LogP contribution is -2.46. The van der Waals surface area contributed by atoms with Gasteiger partial charge in [-0.1, -0.05) is 5.92 Å². The maximum absolute atomic E-state index is 5.36. The van der Waals surface area contributed by atoms with E-state index in [4.69, 9.17) is 11.2 Å². The molecule has 2 aliphatic rings. The predicted octanol–water partition coefficient (Wildman–Crippen LogP) is 0.462. The predicted molar refractivity (Wildman–Crippen MR) is 60.7 cm³/mol. The molecule has 0 amide bonds. The van der Waals surface area contributed by atoms with Crippen LogP contribution in [0.4, 0.5) is 0 Å². The van der Waals surface area contributed by atoms with E-state index in [9.17, 15) is 0 Å². The Morgan fingerprint density at radius 2 is 2.07 bits per heavy atom. The van der Waals surface area contributed by atoms with Gasteiger partial charge >= 0.3 is 0 Å². The number of likely N-dealkylation sites (tertiary alicyclic amines) is 1. The zero-order valence-corrected chi connectivity index (χ0v) is 9.24. The maximum atomic E-state index is 5.36. The minimum atomic E-state index is 0.592. The molecule has 84 valence electrons. The molecule has 2 saturated heterocycles. The van der Waals surface area contributed by atoms with Gasteiger partial charge in [0.05, 0.1) is 13.2 Å². The van der Waals surface area contributed by atoms with Crippen LogP contribution in [0.2, 0.25) is 0 Å². The Morgan fingerprint density at radius 3 is 2.67 bits per heavy atom. The van der Waals surface area contributed by atoms with Crippen molar-refractivity contribution < 1.29 is 4.74 Å². The number of rotatable bonds is 3. The molecule has 2 rings (SSSR count). The third kappa shape index (κ3) is 3.20. The minimum absolute atomic E-state index is 0.592. The second kappa shape index (κ2) is 5.50. The fraction of sp³-hybridized carbons (Fsp3) is 0.833. The molecule has 0 aromatic heterocycles. The summed E-state index contributed by atoms with van der Waals surface area (Å²) in [5, 5.41) is 3.68. The van der Waals surface area contributed by atoms with Crippen molar-refractivity contribution in [2.45, 2.75) is 31.3 Å². The van der Waals surface area contributed by atoms with Crippen LogP contribution < -0.4 is 5.32 Å². The van der Waals surface area contributed by atoms with E-state index in [0.29, 0.717) is 12.1 Å². The molecule has 1 unspecified atom stereocenters. The van der Waals surface area contributed by atoms with Crippen LogP contribution in [0.1, 0.15) is 19.3 Å². The Hall–Kier alpha value is -0.560. The molecule has 1 N–H and O–H groups in total. The third-order valence-electron chi connectivity index (χ3n) is 3.30. The van der Waals surface area contributed by atoms with Gasteiger partial charge in [-0.15, -0.1) is 6.42 Å². The second-order valence-electron chi connectivity index (χ2n) is 4.48. The zero-order valence-electron chi connectivity index (χ0n) is 9.24. The molecule has 2 aliphatic heterocycles. The van der Waals surface area contributed by atoms with Gasteiger partial charge in [-0.05, 0) is 19.3 Å². The smallest absolute Gasteiger partial charge is 0.0620 e. The molecule has 2 fully saturated rings. The summed E-state index contributed by atoms with van der Waals surface area (Å²) in [7, 11) is 0. The second-order valence-corrected chi connectivity index (χ2v) is 4.48. The molecule has 0 aromatic rings. The first-order valence-corrected chi connectivity index (χ1v) is 5.88. The average molecular weight is 208 g/mol. The van der Waals surface area contributed by atoms with Crippen molar-refractivity contribution in [2.75, 3.05) is 32.8 Å². The van der Waals surface area contributed by atoms with Crippen LogP contribution in [0.25, 0.3) is 0 Å². The number of piperidine rings is 1. The van der Waals surface area contributed by atoms with Gasteiger partial charge in [0.1, 0.15) is 0 Å². The third-order valence-corrected chi connectivity index (χ3v) is 3.30. The molecule has 3 nitrogen and oxygen atoms in total. The number of hydrogen-bond donors (Lipinski definition) is 1. The van der Waals surface area contributed by atoms with Crippen molar-refractivity contribution >= 4 is 0 Å². The number of terminal acetylenes is 1. The summed E-state index contributed by atoms with van der Waals surface area (Å²) in [5.74, 6) is 2.71. The van der Waals surface area contributed by atoms with E-state index in [2.05, 4.69) is 16.1 Å². The van der Waals surface area contributed by atoms with Gasteiger partial charge in [0, 0.05) is 31.8 Å². The number of hydrogen-bond acceptors (Lipinski definition) is 3. The highest BCUT2D eigenvalue weighted by Gasteiger charge is 2.23. The van der Waals surface area contributed by atoms with E-state index < -0.39 is 0 Å². The van der Waals surface area contributed by atoms with Crippen molar-refractivity contribution in [3.63, 3.8) is 0 Å². The summed E-state index contributed by atoms with van der Waals surface area (Å²) in [5.41, 5.74) is 0. The van der Waals surface area contributed by atoms with Gasteiger partial charge in [-0.3, -0.25) is 4.90 Å². The van der Waals surface area contributed by atoms with Gasteiger partial charge in [0.15, 0.2) is 0 Å². The highest BCUT2D eigenvalue weighted by atomic mass is 16.5. The van der Waals surface area contributed by atoms with E-state index in [-0.39, 0.29) is 0 Å². The first-order valence-electron chi connectivity index (χ1n) is 5.88. The molecule has 0 spiro atoms. The number of nitrogens with zero attached hydrogens (tertiary/aromatic N) is 1. The molecule has 0 saturated carbocycles. The fourth-order valence-corrected chi connectivity index (χ4v) is 2.39. The standard InChI is InChI=1S/C12H20N2O/c1-2-6-14-7-3-11(4-8-14)13-12-5-9-15-10-12/h1,11-13H,3-10H2. The van der Waals surface area contributed by atoms with E-state index >= 15 is 0 Å². The van der Waals surface area contributed by atoms with Crippen molar-refractivity contribution in [1.82, 2.24) is 10.2 Å². The van der Waals surface area contributed by atoms with Gasteiger partial charge in [-0.25, -0.2) is 0 Å². The topological polar surface area (TPSA) is 24.5 Å². The monoisotopic (exact) mass is 208 g/mol. The lowest BCUT2D eigenvalue weighted by atomic mass is 10.0. The van der Waals surface area contributed by atoms with Crippen molar-refractivity contribution in [3.8, 4) is 12.3 Å². The quantitative estimate of drug-likeness (QED) is 0.682. The molecule has 0 aliphatic carbocycles. The molecular weight excluding hydrogens is 188 g/mol. The van der Waals surface area contributed by atoms with E-state index in [1.54, 1.807) is 0 Å². The molecule has 15 heavy (non-hydrogen) atoms. The van der Waals surface area contributed by atoms with E-state index in [1.165, 1.54) is 19.3 Å². The van der Waals surface area contributed by atoms with Crippen molar-refractivity contribution in [2.24, 2.45) is 0 Å². The summed E-state index contributed by atoms with van der Waals surface area (Å²) in [4.78, 5) is 2.35. The summed E-state index contributed by atoms with van der Waals surface area (Å²) in [6, 6.07) is 1.26. The van der Waals surface area contributed by atoms with Crippen LogP contribution in [0.3, 0.4) is 0 Å². The Bertz CT molecular complexity index is 222. The van der Waals surface area contributed by atoms with E-state index in [1.807, 2.05) is 0 Å². The van der Waals surface area contributed by atoms with Crippen LogP contribution >= 0.6 is 0 Å². The Kier molecular flexibility index (Phi) is 4.01. The largest absolute Gasteiger partial charge is 0.380 e. The molecule has 3 heteroatoms. The number of ether oxygens (including phenoxy) is 1. The van der Waals surface area contributed by atoms with Crippen molar-refractivity contribution in [1.29, 1.82) is 0 Å². The Labute approximate surface area is 92.2 Å². The van der Waals surface area contributed by atoms with Gasteiger partial charge < -0.3 is 10.1 Å². The van der Waals surface area contributed by atoms with E-state index in [0.717, 1.165) is 32.8 Å². The first kappa shape index (κ1) is 10.9. The maximum Gasteiger partial charge on any atom is 0.0620 e. The molecule has 0 radical (unpaired) electrons. The molecule has 0 bridgehead atoms. The average Bonchev–Trinajstić information content (AvgIpc) is 2.74.